The number of fused-ring (bicyclic) bond motifs is 1. The number of hydrogen-bond acceptors (Lipinski definition) is 2. The van der Waals surface area contributed by atoms with Gasteiger partial charge >= 0.3 is 0 Å². The van der Waals surface area contributed by atoms with E-state index in [2.05, 4.69) is 15.6 Å². The zero-order valence-corrected chi connectivity index (χ0v) is 9.98. The number of aryl methyl sites for hydroxylation is 1. The van der Waals surface area contributed by atoms with Gasteiger partial charge in [-0.05, 0) is 24.1 Å². The molecule has 2 aromatic rings. The van der Waals surface area contributed by atoms with Gasteiger partial charge in [0.15, 0.2) is 0 Å². The molecular weight excluding hydrogens is 234 g/mol. The Balaban J connectivity index is 2.10. The summed E-state index contributed by atoms with van der Waals surface area (Å²) in [6, 6.07) is 5.71. The monoisotopic (exact) mass is 245 g/mol. The van der Waals surface area contributed by atoms with Crippen molar-refractivity contribution in [2.24, 2.45) is 0 Å². The minimum Gasteiger partial charge on any atom is -0.398 e. The fraction of sp³-hybridized carbons (Fsp3) is 0.154. The predicted molar refractivity (Wildman–Crippen MR) is 69.8 cm³/mol. The Morgan fingerprint density at radius 1 is 1.35 bits per heavy atom. The fourth-order valence-electron chi connectivity index (χ4n) is 2.13. The van der Waals surface area contributed by atoms with Crippen molar-refractivity contribution < 1.29 is 0 Å². The third-order valence-electron chi connectivity index (χ3n) is 2.98. The van der Waals surface area contributed by atoms with Gasteiger partial charge in [-0.1, -0.05) is 23.7 Å². The summed E-state index contributed by atoms with van der Waals surface area (Å²) in [6.07, 6.45) is 7.04. The van der Waals surface area contributed by atoms with Crippen LogP contribution in [0.5, 0.6) is 0 Å². The van der Waals surface area contributed by atoms with Crippen LogP contribution in [0, 0.1) is 0 Å². The first-order valence-electron chi connectivity index (χ1n) is 5.53. The molecule has 0 amide bonds. The van der Waals surface area contributed by atoms with Gasteiger partial charge in [-0.15, -0.1) is 0 Å². The molecule has 0 aliphatic carbocycles. The Hall–Kier alpha value is -1.74. The molecule has 0 saturated heterocycles. The number of benzene rings is 1. The quantitative estimate of drug-likeness (QED) is 0.785. The highest BCUT2D eigenvalue weighted by Crippen LogP contribution is 2.30. The van der Waals surface area contributed by atoms with E-state index in [9.17, 15) is 0 Å². The molecule has 4 heteroatoms. The van der Waals surface area contributed by atoms with E-state index in [1.165, 1.54) is 0 Å². The van der Waals surface area contributed by atoms with Crippen LogP contribution in [0.2, 0.25) is 5.02 Å². The van der Waals surface area contributed by atoms with Crippen LogP contribution in [0.25, 0.3) is 5.57 Å². The van der Waals surface area contributed by atoms with E-state index in [1.807, 2.05) is 30.6 Å². The fourth-order valence-corrected chi connectivity index (χ4v) is 2.25. The summed E-state index contributed by atoms with van der Waals surface area (Å²) in [5, 5.41) is 0.591. The smallest absolute Gasteiger partial charge is 0.140 e. The van der Waals surface area contributed by atoms with Crippen molar-refractivity contribution in [2.75, 3.05) is 5.73 Å². The lowest BCUT2D eigenvalue weighted by molar-refractivity contribution is 0.684. The first-order valence-corrected chi connectivity index (χ1v) is 5.90. The van der Waals surface area contributed by atoms with Gasteiger partial charge in [-0.25, -0.2) is 4.98 Å². The van der Waals surface area contributed by atoms with Crippen LogP contribution < -0.4 is 5.73 Å². The van der Waals surface area contributed by atoms with E-state index in [0.29, 0.717) is 10.7 Å². The molecule has 0 fully saturated rings. The number of nitrogens with two attached hydrogens (primary N) is 1. The van der Waals surface area contributed by atoms with Gasteiger partial charge < -0.3 is 10.3 Å². The molecule has 0 saturated carbocycles. The number of nitrogens with zero attached hydrogens (tertiary/aromatic N) is 2. The molecule has 3 nitrogen and oxygen atoms in total. The summed E-state index contributed by atoms with van der Waals surface area (Å²) < 4.78 is 2.15. The van der Waals surface area contributed by atoms with Crippen LogP contribution in [0.3, 0.4) is 0 Å². The number of aromatic nitrogens is 2. The zero-order valence-electron chi connectivity index (χ0n) is 9.23. The van der Waals surface area contributed by atoms with Gasteiger partial charge in [0.25, 0.3) is 0 Å². The molecule has 2 heterocycles. The average molecular weight is 246 g/mol. The van der Waals surface area contributed by atoms with Crippen LogP contribution in [0.1, 0.15) is 17.8 Å². The van der Waals surface area contributed by atoms with Crippen LogP contribution in [-0.2, 0) is 6.54 Å². The number of allylic oxidation sites excluding steroid dienone is 1. The van der Waals surface area contributed by atoms with E-state index < -0.39 is 0 Å². The molecule has 0 spiro atoms. The molecule has 17 heavy (non-hydrogen) atoms. The highest BCUT2D eigenvalue weighted by molar-refractivity contribution is 6.33. The number of anilines is 1. The summed E-state index contributed by atoms with van der Waals surface area (Å²) in [5.41, 5.74) is 8.64. The lowest BCUT2D eigenvalue weighted by atomic mass is 10.0. The normalized spacial score (nSPS) is 14.3. The maximum absolute atomic E-state index is 5.93. The molecule has 86 valence electrons. The average Bonchev–Trinajstić information content (AvgIpc) is 2.80. The summed E-state index contributed by atoms with van der Waals surface area (Å²) in [5.74, 6) is 0.998. The summed E-state index contributed by atoms with van der Waals surface area (Å²) >= 11 is 5.93. The van der Waals surface area contributed by atoms with E-state index >= 15 is 0 Å². The molecular formula is C13H12ClN3. The van der Waals surface area contributed by atoms with Crippen molar-refractivity contribution in [3.8, 4) is 0 Å². The Bertz CT molecular complexity index is 598. The van der Waals surface area contributed by atoms with E-state index in [4.69, 9.17) is 17.3 Å². The number of imidazole rings is 1. The highest BCUT2D eigenvalue weighted by atomic mass is 35.5. The van der Waals surface area contributed by atoms with Crippen molar-refractivity contribution in [1.29, 1.82) is 0 Å². The zero-order chi connectivity index (χ0) is 11.8. The number of nitrogen functional groups attached to an aromatic ring is 1. The molecule has 1 aliphatic rings. The number of halogens is 1. The van der Waals surface area contributed by atoms with E-state index in [1.54, 1.807) is 0 Å². The van der Waals surface area contributed by atoms with Gasteiger partial charge in [-0.3, -0.25) is 0 Å². The lowest BCUT2D eigenvalue weighted by Gasteiger charge is -2.16. The Morgan fingerprint density at radius 3 is 3.06 bits per heavy atom. The van der Waals surface area contributed by atoms with Gasteiger partial charge in [0.05, 0.1) is 10.7 Å². The first kappa shape index (κ1) is 10.4. The third-order valence-corrected chi connectivity index (χ3v) is 3.33. The van der Waals surface area contributed by atoms with Crippen LogP contribution in [0.4, 0.5) is 5.69 Å². The molecule has 1 aliphatic heterocycles. The summed E-state index contributed by atoms with van der Waals surface area (Å²) in [7, 11) is 0. The lowest BCUT2D eigenvalue weighted by Crippen LogP contribution is -2.08. The summed E-state index contributed by atoms with van der Waals surface area (Å²) in [6.45, 7) is 0.988. The first-order chi connectivity index (χ1) is 8.25. The van der Waals surface area contributed by atoms with E-state index in [-0.39, 0.29) is 0 Å². The molecule has 0 radical (unpaired) electrons. The van der Waals surface area contributed by atoms with Gasteiger partial charge in [-0.2, -0.15) is 0 Å². The van der Waals surface area contributed by atoms with Crippen molar-refractivity contribution in [1.82, 2.24) is 9.55 Å². The SMILES string of the molecule is Nc1cc(C2=CCCn3ccnc32)ccc1Cl. The minimum absolute atomic E-state index is 0.591. The van der Waals surface area contributed by atoms with Crippen LogP contribution in [-0.4, -0.2) is 9.55 Å². The molecule has 3 rings (SSSR count). The van der Waals surface area contributed by atoms with Crippen molar-refractivity contribution >= 4 is 22.9 Å². The molecule has 1 aromatic carbocycles. The largest absolute Gasteiger partial charge is 0.398 e. The standard InChI is InChI=1S/C13H12ClN3/c14-11-4-3-9(8-12(11)15)10-2-1-6-17-7-5-16-13(10)17/h2-5,7-8H,1,6,15H2. The molecule has 0 atom stereocenters. The van der Waals surface area contributed by atoms with Crippen molar-refractivity contribution in [3.63, 3.8) is 0 Å². The van der Waals surface area contributed by atoms with Gasteiger partial charge in [0, 0.05) is 24.5 Å². The maximum atomic E-state index is 5.93. The second-order valence-corrected chi connectivity index (χ2v) is 4.49. The van der Waals surface area contributed by atoms with Gasteiger partial charge in [0.1, 0.15) is 5.82 Å². The van der Waals surface area contributed by atoms with Crippen molar-refractivity contribution in [3.05, 3.63) is 53.1 Å². The van der Waals surface area contributed by atoms with Gasteiger partial charge in [0.2, 0.25) is 0 Å². The second-order valence-electron chi connectivity index (χ2n) is 4.09. The Morgan fingerprint density at radius 2 is 2.24 bits per heavy atom. The highest BCUT2D eigenvalue weighted by Gasteiger charge is 2.15. The minimum atomic E-state index is 0.591. The van der Waals surface area contributed by atoms with Crippen molar-refractivity contribution in [2.45, 2.75) is 13.0 Å². The molecule has 0 unspecified atom stereocenters. The Kier molecular flexibility index (Phi) is 2.41. The molecule has 2 N–H and O–H groups in total. The molecule has 0 bridgehead atoms. The second kappa shape index (κ2) is 3.93. The van der Waals surface area contributed by atoms with E-state index in [0.717, 1.165) is 29.9 Å². The number of rotatable bonds is 1. The topological polar surface area (TPSA) is 43.8 Å². The maximum Gasteiger partial charge on any atom is 0.140 e. The molecule has 1 aromatic heterocycles. The third kappa shape index (κ3) is 1.72. The Labute approximate surface area is 105 Å². The van der Waals surface area contributed by atoms with Crippen LogP contribution >= 0.6 is 11.6 Å². The predicted octanol–water partition coefficient (Wildman–Crippen LogP) is 2.95. The van der Waals surface area contributed by atoms with Crippen LogP contribution in [0.15, 0.2) is 36.7 Å². The summed E-state index contributed by atoms with van der Waals surface area (Å²) in [4.78, 5) is 4.39. The number of hydrogen-bond donors (Lipinski definition) is 1.